The van der Waals surface area contributed by atoms with Gasteiger partial charge in [-0.3, -0.25) is 0 Å². The predicted octanol–water partition coefficient (Wildman–Crippen LogP) is 0.897. The van der Waals surface area contributed by atoms with Gasteiger partial charge in [0.15, 0.2) is 0 Å². The summed E-state index contributed by atoms with van der Waals surface area (Å²) in [6.45, 7) is 1.59. The molecule has 0 aliphatic carbocycles. The maximum atomic E-state index is 5.61. The van der Waals surface area contributed by atoms with Crippen molar-refractivity contribution in [3.8, 4) is 0 Å². The first kappa shape index (κ1) is 11.1. The van der Waals surface area contributed by atoms with Crippen molar-refractivity contribution in [1.82, 2.24) is 14.3 Å². The Balaban J connectivity index is 2.27. The second-order valence-electron chi connectivity index (χ2n) is 4.26. The summed E-state index contributed by atoms with van der Waals surface area (Å²) in [7, 11) is 4.14. The van der Waals surface area contributed by atoms with E-state index in [-0.39, 0.29) is 0 Å². The number of hydrogen-bond donors (Lipinski definition) is 1. The highest BCUT2D eigenvalue weighted by Gasteiger charge is 2.04. The van der Waals surface area contributed by atoms with Gasteiger partial charge in [-0.05, 0) is 31.8 Å². The summed E-state index contributed by atoms with van der Waals surface area (Å²) in [6.07, 6.45) is 4.92. The van der Waals surface area contributed by atoms with E-state index < -0.39 is 0 Å². The molecule has 0 aliphatic rings. The molecule has 0 atom stereocenters. The Morgan fingerprint density at radius 2 is 2.25 bits per heavy atom. The first-order valence-electron chi connectivity index (χ1n) is 5.50. The zero-order valence-corrected chi connectivity index (χ0v) is 9.85. The van der Waals surface area contributed by atoms with Crippen LogP contribution in [0.2, 0.25) is 0 Å². The second kappa shape index (κ2) is 4.63. The molecule has 0 radical (unpaired) electrons. The molecule has 0 fully saturated rings. The fourth-order valence-corrected chi connectivity index (χ4v) is 1.74. The Hall–Kier alpha value is -1.39. The number of fused-ring (bicyclic) bond motifs is 1. The average molecular weight is 218 g/mol. The molecule has 86 valence electrons. The van der Waals surface area contributed by atoms with Gasteiger partial charge in [0.25, 0.3) is 0 Å². The number of nitrogens with zero attached hydrogens (tertiary/aromatic N) is 3. The van der Waals surface area contributed by atoms with Crippen LogP contribution >= 0.6 is 0 Å². The number of pyridine rings is 1. The highest BCUT2D eigenvalue weighted by atomic mass is 15.1. The van der Waals surface area contributed by atoms with Crippen molar-refractivity contribution in [1.29, 1.82) is 0 Å². The lowest BCUT2D eigenvalue weighted by atomic mass is 10.2. The number of imidazole rings is 1. The molecular weight excluding hydrogens is 200 g/mol. The molecule has 2 heterocycles. The van der Waals surface area contributed by atoms with Crippen LogP contribution in [0.15, 0.2) is 24.5 Å². The minimum absolute atomic E-state index is 0.578. The molecule has 4 heteroatoms. The molecule has 0 bridgehead atoms. The summed E-state index contributed by atoms with van der Waals surface area (Å²) in [4.78, 5) is 6.60. The highest BCUT2D eigenvalue weighted by molar-refractivity contribution is 5.48. The Labute approximate surface area is 95.7 Å². The van der Waals surface area contributed by atoms with Crippen molar-refractivity contribution in [2.45, 2.75) is 13.0 Å². The van der Waals surface area contributed by atoms with Crippen LogP contribution in [-0.4, -0.2) is 34.9 Å². The zero-order chi connectivity index (χ0) is 11.5. The lowest BCUT2D eigenvalue weighted by Gasteiger charge is -2.08. The molecule has 2 rings (SSSR count). The van der Waals surface area contributed by atoms with Crippen LogP contribution in [0.1, 0.15) is 11.4 Å². The standard InChI is InChI=1S/C12H18N4/c1-15(2)5-4-12-14-9-11-7-10(8-13)3-6-16(11)12/h3,6-7,9H,4-5,8,13H2,1-2H3. The quantitative estimate of drug-likeness (QED) is 0.829. The first-order chi connectivity index (χ1) is 7.70. The summed E-state index contributed by atoms with van der Waals surface area (Å²) in [5.74, 6) is 1.10. The van der Waals surface area contributed by atoms with Gasteiger partial charge < -0.3 is 15.0 Å². The first-order valence-corrected chi connectivity index (χ1v) is 5.50. The van der Waals surface area contributed by atoms with Crippen LogP contribution in [0.3, 0.4) is 0 Å². The van der Waals surface area contributed by atoms with E-state index >= 15 is 0 Å². The number of aromatic nitrogens is 2. The molecule has 0 unspecified atom stereocenters. The largest absolute Gasteiger partial charge is 0.326 e. The molecule has 0 amide bonds. The smallest absolute Gasteiger partial charge is 0.114 e. The normalized spacial score (nSPS) is 11.5. The average Bonchev–Trinajstić information content (AvgIpc) is 2.68. The van der Waals surface area contributed by atoms with Gasteiger partial charge in [0.2, 0.25) is 0 Å². The van der Waals surface area contributed by atoms with E-state index in [1.807, 2.05) is 12.3 Å². The van der Waals surface area contributed by atoms with Crippen molar-refractivity contribution in [2.24, 2.45) is 5.73 Å². The van der Waals surface area contributed by atoms with Crippen molar-refractivity contribution in [3.05, 3.63) is 35.9 Å². The van der Waals surface area contributed by atoms with Crippen molar-refractivity contribution >= 4 is 5.52 Å². The molecule has 0 spiro atoms. The van der Waals surface area contributed by atoms with Gasteiger partial charge in [0.1, 0.15) is 5.82 Å². The lowest BCUT2D eigenvalue weighted by molar-refractivity contribution is 0.409. The van der Waals surface area contributed by atoms with E-state index in [9.17, 15) is 0 Å². The van der Waals surface area contributed by atoms with Crippen molar-refractivity contribution in [2.75, 3.05) is 20.6 Å². The Bertz CT molecular complexity index is 473. The molecule has 4 nitrogen and oxygen atoms in total. The third-order valence-electron chi connectivity index (χ3n) is 2.69. The molecule has 2 N–H and O–H groups in total. The van der Waals surface area contributed by atoms with E-state index in [1.54, 1.807) is 0 Å². The van der Waals surface area contributed by atoms with Gasteiger partial charge in [-0.15, -0.1) is 0 Å². The summed E-state index contributed by atoms with van der Waals surface area (Å²) in [5.41, 5.74) is 7.88. The van der Waals surface area contributed by atoms with Gasteiger partial charge in [0, 0.05) is 25.7 Å². The summed E-state index contributed by atoms with van der Waals surface area (Å²) in [5, 5.41) is 0. The molecule has 0 aliphatic heterocycles. The van der Waals surface area contributed by atoms with Gasteiger partial charge in [0.05, 0.1) is 11.7 Å². The number of nitrogens with two attached hydrogens (primary N) is 1. The predicted molar refractivity (Wildman–Crippen MR) is 65.3 cm³/mol. The molecule has 0 aromatic carbocycles. The topological polar surface area (TPSA) is 46.6 Å². The van der Waals surface area contributed by atoms with E-state index in [2.05, 4.69) is 40.6 Å². The Morgan fingerprint density at radius 1 is 1.44 bits per heavy atom. The van der Waals surface area contributed by atoms with Crippen LogP contribution in [0.25, 0.3) is 5.52 Å². The lowest BCUT2D eigenvalue weighted by Crippen LogP contribution is -2.16. The van der Waals surface area contributed by atoms with E-state index in [4.69, 9.17) is 5.73 Å². The third kappa shape index (κ3) is 2.23. The number of likely N-dealkylation sites (N-methyl/N-ethyl adjacent to an activating group) is 1. The van der Waals surface area contributed by atoms with Crippen LogP contribution in [0.4, 0.5) is 0 Å². The van der Waals surface area contributed by atoms with Gasteiger partial charge >= 0.3 is 0 Å². The molecule has 16 heavy (non-hydrogen) atoms. The highest BCUT2D eigenvalue weighted by Crippen LogP contribution is 2.10. The molecule has 2 aromatic heterocycles. The van der Waals surface area contributed by atoms with Crippen LogP contribution in [0, 0.1) is 0 Å². The summed E-state index contributed by atoms with van der Waals surface area (Å²) < 4.78 is 2.13. The SMILES string of the molecule is CN(C)CCc1ncc2cc(CN)ccn12. The molecular formula is C12H18N4. The fraction of sp³-hybridized carbons (Fsp3) is 0.417. The van der Waals surface area contributed by atoms with Crippen LogP contribution in [0.5, 0.6) is 0 Å². The van der Waals surface area contributed by atoms with Crippen LogP contribution < -0.4 is 5.73 Å². The number of hydrogen-bond acceptors (Lipinski definition) is 3. The van der Waals surface area contributed by atoms with Gasteiger partial charge in [-0.25, -0.2) is 4.98 Å². The van der Waals surface area contributed by atoms with E-state index in [0.29, 0.717) is 6.54 Å². The Kier molecular flexibility index (Phi) is 3.22. The van der Waals surface area contributed by atoms with E-state index in [0.717, 1.165) is 29.9 Å². The van der Waals surface area contributed by atoms with Gasteiger partial charge in [-0.2, -0.15) is 0 Å². The van der Waals surface area contributed by atoms with Crippen molar-refractivity contribution in [3.63, 3.8) is 0 Å². The third-order valence-corrected chi connectivity index (χ3v) is 2.69. The fourth-order valence-electron chi connectivity index (χ4n) is 1.74. The Morgan fingerprint density at radius 3 is 2.94 bits per heavy atom. The minimum atomic E-state index is 0.578. The molecule has 2 aromatic rings. The summed E-state index contributed by atoms with van der Waals surface area (Å²) >= 11 is 0. The second-order valence-corrected chi connectivity index (χ2v) is 4.26. The van der Waals surface area contributed by atoms with Crippen molar-refractivity contribution < 1.29 is 0 Å². The maximum absolute atomic E-state index is 5.61. The molecule has 0 saturated heterocycles. The van der Waals surface area contributed by atoms with Crippen LogP contribution in [-0.2, 0) is 13.0 Å². The zero-order valence-electron chi connectivity index (χ0n) is 9.85. The van der Waals surface area contributed by atoms with Gasteiger partial charge in [-0.1, -0.05) is 0 Å². The summed E-state index contributed by atoms with van der Waals surface area (Å²) in [6, 6.07) is 4.14. The number of rotatable bonds is 4. The monoisotopic (exact) mass is 218 g/mol. The minimum Gasteiger partial charge on any atom is -0.326 e. The van der Waals surface area contributed by atoms with E-state index in [1.165, 1.54) is 0 Å². The molecule has 0 saturated carbocycles. The maximum Gasteiger partial charge on any atom is 0.114 e.